The Morgan fingerprint density at radius 1 is 1.10 bits per heavy atom. The molecule has 2 aromatic carbocycles. The van der Waals surface area contributed by atoms with Crippen molar-refractivity contribution in [2.75, 3.05) is 36.4 Å². The van der Waals surface area contributed by atoms with Gasteiger partial charge in [0, 0.05) is 31.9 Å². The van der Waals surface area contributed by atoms with Gasteiger partial charge in [0.05, 0.1) is 15.8 Å². The number of aryl methyl sites for hydroxylation is 2. The van der Waals surface area contributed by atoms with Crippen LogP contribution in [0, 0.1) is 13.8 Å². The molecule has 9 heteroatoms. The number of halogens is 3. The maximum absolute atomic E-state index is 12.9. The predicted octanol–water partition coefficient (Wildman–Crippen LogP) is 5.29. The van der Waals surface area contributed by atoms with Crippen LogP contribution in [-0.4, -0.2) is 42.1 Å². The lowest BCUT2D eigenvalue weighted by molar-refractivity contribution is -0.137. The molecule has 3 aromatic rings. The zero-order valence-corrected chi connectivity index (χ0v) is 17.4. The lowest BCUT2D eigenvalue weighted by Crippen LogP contribution is -2.50. The summed E-state index contributed by atoms with van der Waals surface area (Å²) in [5.41, 5.74) is 2.71. The Labute approximate surface area is 176 Å². The van der Waals surface area contributed by atoms with E-state index in [4.69, 9.17) is 4.98 Å². The molecule has 0 atom stereocenters. The van der Waals surface area contributed by atoms with Crippen LogP contribution in [0.15, 0.2) is 36.4 Å². The summed E-state index contributed by atoms with van der Waals surface area (Å²) >= 11 is 1.64. The van der Waals surface area contributed by atoms with E-state index in [1.54, 1.807) is 16.2 Å². The summed E-state index contributed by atoms with van der Waals surface area (Å²) in [4.78, 5) is 21.0. The number of benzene rings is 2. The minimum absolute atomic E-state index is 0.134. The Morgan fingerprint density at radius 2 is 1.83 bits per heavy atom. The number of nitrogens with zero attached hydrogens (tertiary/aromatic N) is 3. The van der Waals surface area contributed by atoms with E-state index in [0.29, 0.717) is 26.2 Å². The number of nitrogens with one attached hydrogen (secondary N) is 1. The van der Waals surface area contributed by atoms with E-state index >= 15 is 0 Å². The van der Waals surface area contributed by atoms with Crippen LogP contribution in [0.25, 0.3) is 10.2 Å². The van der Waals surface area contributed by atoms with Crippen LogP contribution >= 0.6 is 11.3 Å². The zero-order chi connectivity index (χ0) is 21.5. The third-order valence-corrected chi connectivity index (χ3v) is 6.35. The Hall–Kier alpha value is -2.81. The number of hydrogen-bond donors (Lipinski definition) is 1. The molecule has 2 heterocycles. The van der Waals surface area contributed by atoms with E-state index in [-0.39, 0.29) is 5.69 Å². The third-order valence-electron chi connectivity index (χ3n) is 5.09. The molecular weight excluding hydrogens is 413 g/mol. The second kappa shape index (κ2) is 7.79. The van der Waals surface area contributed by atoms with Crippen molar-refractivity contribution in [1.82, 2.24) is 9.88 Å². The number of urea groups is 1. The highest BCUT2D eigenvalue weighted by Crippen LogP contribution is 2.33. The molecule has 1 N–H and O–H groups in total. The molecule has 1 aliphatic heterocycles. The van der Waals surface area contributed by atoms with Crippen LogP contribution in [0.4, 0.5) is 28.8 Å². The van der Waals surface area contributed by atoms with Gasteiger partial charge in [-0.1, -0.05) is 23.5 Å². The molecule has 0 saturated carbocycles. The van der Waals surface area contributed by atoms with Crippen LogP contribution in [-0.2, 0) is 6.18 Å². The summed E-state index contributed by atoms with van der Waals surface area (Å²) in [5, 5.41) is 3.50. The molecule has 2 amide bonds. The first-order valence-electron chi connectivity index (χ1n) is 9.56. The van der Waals surface area contributed by atoms with Crippen molar-refractivity contribution in [2.24, 2.45) is 0 Å². The Bertz CT molecular complexity index is 1090. The molecule has 0 unspecified atom stereocenters. The molecule has 1 fully saturated rings. The minimum Gasteiger partial charge on any atom is -0.345 e. The van der Waals surface area contributed by atoms with Crippen LogP contribution < -0.4 is 10.2 Å². The zero-order valence-electron chi connectivity index (χ0n) is 16.6. The molecule has 5 nitrogen and oxygen atoms in total. The van der Waals surface area contributed by atoms with Gasteiger partial charge in [-0.25, -0.2) is 9.78 Å². The molecule has 1 aromatic heterocycles. The molecule has 4 rings (SSSR count). The maximum atomic E-state index is 12.9. The summed E-state index contributed by atoms with van der Waals surface area (Å²) < 4.78 is 39.7. The molecular formula is C21H21F3N4OS. The summed E-state index contributed by atoms with van der Waals surface area (Å²) in [6, 6.07) is 8.48. The van der Waals surface area contributed by atoms with Gasteiger partial charge in [0.1, 0.15) is 0 Å². The van der Waals surface area contributed by atoms with Crippen molar-refractivity contribution in [3.63, 3.8) is 0 Å². The monoisotopic (exact) mass is 434 g/mol. The van der Waals surface area contributed by atoms with E-state index in [1.165, 1.54) is 28.0 Å². The van der Waals surface area contributed by atoms with Crippen LogP contribution in [0.1, 0.15) is 16.7 Å². The number of amides is 2. The van der Waals surface area contributed by atoms with Gasteiger partial charge in [-0.05, 0) is 49.2 Å². The Morgan fingerprint density at radius 3 is 2.53 bits per heavy atom. The lowest BCUT2D eigenvalue weighted by Gasteiger charge is -2.34. The van der Waals surface area contributed by atoms with Crippen molar-refractivity contribution < 1.29 is 18.0 Å². The fourth-order valence-corrected chi connectivity index (χ4v) is 4.64. The first-order chi connectivity index (χ1) is 14.2. The number of fused-ring (bicyclic) bond motifs is 1. The van der Waals surface area contributed by atoms with Crippen LogP contribution in [0.2, 0.25) is 0 Å². The lowest BCUT2D eigenvalue weighted by atomic mass is 10.1. The van der Waals surface area contributed by atoms with E-state index in [1.807, 2.05) is 6.92 Å². The molecule has 0 aliphatic carbocycles. The second-order valence-electron chi connectivity index (χ2n) is 7.41. The SMILES string of the molecule is Cc1cc(C)c2sc(N3CCN(C(=O)Nc4cccc(C(F)(F)F)c4)CC3)nc2c1. The van der Waals surface area contributed by atoms with Gasteiger partial charge in [0.25, 0.3) is 0 Å². The van der Waals surface area contributed by atoms with Crippen molar-refractivity contribution >= 4 is 38.4 Å². The number of hydrogen-bond acceptors (Lipinski definition) is 4. The molecule has 0 radical (unpaired) electrons. The van der Waals surface area contributed by atoms with Gasteiger partial charge in [0.15, 0.2) is 5.13 Å². The average molecular weight is 434 g/mol. The molecule has 0 bridgehead atoms. The van der Waals surface area contributed by atoms with Gasteiger partial charge in [-0.2, -0.15) is 13.2 Å². The Kier molecular flexibility index (Phi) is 5.31. The number of rotatable bonds is 2. The number of carbonyl (C=O) groups is 1. The summed E-state index contributed by atoms with van der Waals surface area (Å²) in [6.45, 7) is 6.31. The number of piperazine rings is 1. The minimum atomic E-state index is -4.44. The fourth-order valence-electron chi connectivity index (χ4n) is 3.58. The third kappa shape index (κ3) is 4.21. The fraction of sp³-hybridized carbons (Fsp3) is 0.333. The molecule has 0 spiro atoms. The van der Waals surface area contributed by atoms with Crippen LogP contribution in [0.3, 0.4) is 0 Å². The number of thiazole rings is 1. The van der Waals surface area contributed by atoms with Crippen molar-refractivity contribution in [3.8, 4) is 0 Å². The second-order valence-corrected chi connectivity index (χ2v) is 8.39. The predicted molar refractivity (Wildman–Crippen MR) is 113 cm³/mol. The van der Waals surface area contributed by atoms with E-state index in [9.17, 15) is 18.0 Å². The molecule has 158 valence electrons. The van der Waals surface area contributed by atoms with E-state index in [0.717, 1.165) is 22.8 Å². The van der Waals surface area contributed by atoms with Crippen LogP contribution in [0.5, 0.6) is 0 Å². The van der Waals surface area contributed by atoms with Crippen molar-refractivity contribution in [2.45, 2.75) is 20.0 Å². The highest BCUT2D eigenvalue weighted by atomic mass is 32.1. The quantitative estimate of drug-likeness (QED) is 0.597. The highest BCUT2D eigenvalue weighted by Gasteiger charge is 2.31. The number of aromatic nitrogens is 1. The van der Waals surface area contributed by atoms with Gasteiger partial charge < -0.3 is 15.1 Å². The highest BCUT2D eigenvalue weighted by molar-refractivity contribution is 7.22. The number of carbonyl (C=O) groups excluding carboxylic acids is 1. The molecule has 1 aliphatic rings. The van der Waals surface area contributed by atoms with Gasteiger partial charge in [-0.3, -0.25) is 0 Å². The standard InChI is InChI=1S/C21H21F3N4OS/c1-13-10-14(2)18-17(11-13)26-20(30-18)28-8-6-27(7-9-28)19(29)25-16-5-3-4-15(12-16)21(22,23)24/h3-5,10-12H,6-9H2,1-2H3,(H,25,29). The van der Waals surface area contributed by atoms with Gasteiger partial charge >= 0.3 is 12.2 Å². The summed E-state index contributed by atoms with van der Waals surface area (Å²) in [6.07, 6.45) is -4.44. The maximum Gasteiger partial charge on any atom is 0.416 e. The first kappa shape index (κ1) is 20.5. The topological polar surface area (TPSA) is 48.5 Å². The number of alkyl halides is 3. The molecule has 30 heavy (non-hydrogen) atoms. The average Bonchev–Trinajstić information content (AvgIpc) is 3.12. The first-order valence-corrected chi connectivity index (χ1v) is 10.4. The number of anilines is 2. The van der Waals surface area contributed by atoms with E-state index in [2.05, 4.69) is 29.3 Å². The van der Waals surface area contributed by atoms with Crippen molar-refractivity contribution in [3.05, 3.63) is 53.1 Å². The van der Waals surface area contributed by atoms with Gasteiger partial charge in [0.2, 0.25) is 0 Å². The van der Waals surface area contributed by atoms with Crippen molar-refractivity contribution in [1.29, 1.82) is 0 Å². The van der Waals surface area contributed by atoms with E-state index < -0.39 is 17.8 Å². The Balaban J connectivity index is 1.40. The molecule has 1 saturated heterocycles. The largest absolute Gasteiger partial charge is 0.416 e. The smallest absolute Gasteiger partial charge is 0.345 e. The summed E-state index contributed by atoms with van der Waals surface area (Å²) in [5.74, 6) is 0. The normalized spacial score (nSPS) is 15.0. The summed E-state index contributed by atoms with van der Waals surface area (Å²) in [7, 11) is 0. The van der Waals surface area contributed by atoms with Gasteiger partial charge in [-0.15, -0.1) is 0 Å².